The number of furan rings is 1. The maximum Gasteiger partial charge on any atom is 0.287 e. The van der Waals surface area contributed by atoms with Crippen LogP contribution in [0.25, 0.3) is 0 Å². The fraction of sp³-hybridized carbons (Fsp3) is 0.400. The number of nitrogens with one attached hydrogen (secondary N) is 2. The van der Waals surface area contributed by atoms with Gasteiger partial charge in [-0.2, -0.15) is 0 Å². The van der Waals surface area contributed by atoms with Crippen LogP contribution in [-0.4, -0.2) is 38.6 Å². The smallest absolute Gasteiger partial charge is 0.287 e. The van der Waals surface area contributed by atoms with Gasteiger partial charge >= 0.3 is 0 Å². The van der Waals surface area contributed by atoms with Crippen molar-refractivity contribution in [3.63, 3.8) is 0 Å². The number of hydrogen-bond acceptors (Lipinski definition) is 4. The van der Waals surface area contributed by atoms with Gasteiger partial charge in [0.2, 0.25) is 5.91 Å². The lowest BCUT2D eigenvalue weighted by atomic mass is 10.4. The molecule has 2 amide bonds. The van der Waals surface area contributed by atoms with E-state index >= 15 is 0 Å². The molecule has 1 aromatic heterocycles. The van der Waals surface area contributed by atoms with E-state index in [9.17, 15) is 9.59 Å². The van der Waals surface area contributed by atoms with Crippen molar-refractivity contribution in [3.8, 4) is 0 Å². The number of carbonyl (C=O) groups is 2. The molecule has 0 atom stereocenters. The van der Waals surface area contributed by atoms with Gasteiger partial charge in [-0.15, -0.1) is 0 Å². The number of methoxy groups -OCH3 is 1. The van der Waals surface area contributed by atoms with Crippen LogP contribution in [0.1, 0.15) is 10.6 Å². The molecule has 88 valence electrons. The normalized spacial score (nSPS) is 9.81. The first kappa shape index (κ1) is 12.3. The SMILES string of the molecule is COCC(=O)NCCNC(=O)c1ccco1. The molecule has 0 spiro atoms. The van der Waals surface area contributed by atoms with Crippen molar-refractivity contribution >= 4 is 11.8 Å². The van der Waals surface area contributed by atoms with Crippen molar-refractivity contribution in [2.24, 2.45) is 0 Å². The largest absolute Gasteiger partial charge is 0.459 e. The van der Waals surface area contributed by atoms with Gasteiger partial charge in [-0.25, -0.2) is 0 Å². The first-order valence-electron chi connectivity index (χ1n) is 4.81. The van der Waals surface area contributed by atoms with E-state index in [4.69, 9.17) is 4.42 Å². The third kappa shape index (κ3) is 4.14. The minimum Gasteiger partial charge on any atom is -0.459 e. The monoisotopic (exact) mass is 226 g/mol. The minimum absolute atomic E-state index is 0.0200. The van der Waals surface area contributed by atoms with Crippen LogP contribution in [0.2, 0.25) is 0 Å². The molecule has 0 bridgehead atoms. The van der Waals surface area contributed by atoms with Crippen molar-refractivity contribution in [3.05, 3.63) is 24.2 Å². The highest BCUT2D eigenvalue weighted by atomic mass is 16.5. The second-order valence-corrected chi connectivity index (χ2v) is 3.02. The molecule has 0 aromatic carbocycles. The van der Waals surface area contributed by atoms with E-state index in [1.54, 1.807) is 12.1 Å². The van der Waals surface area contributed by atoms with Crippen LogP contribution < -0.4 is 10.6 Å². The summed E-state index contributed by atoms with van der Waals surface area (Å²) >= 11 is 0. The molecule has 0 saturated carbocycles. The summed E-state index contributed by atoms with van der Waals surface area (Å²) in [6, 6.07) is 3.20. The fourth-order valence-electron chi connectivity index (χ4n) is 1.05. The number of ether oxygens (including phenoxy) is 1. The van der Waals surface area contributed by atoms with Gasteiger partial charge in [-0.3, -0.25) is 9.59 Å². The van der Waals surface area contributed by atoms with Crippen LogP contribution in [0.3, 0.4) is 0 Å². The van der Waals surface area contributed by atoms with Crippen LogP contribution in [0.15, 0.2) is 22.8 Å². The van der Waals surface area contributed by atoms with Crippen molar-refractivity contribution < 1.29 is 18.7 Å². The van der Waals surface area contributed by atoms with Gasteiger partial charge in [0.15, 0.2) is 5.76 Å². The lowest BCUT2D eigenvalue weighted by Crippen LogP contribution is -2.36. The summed E-state index contributed by atoms with van der Waals surface area (Å²) in [5.74, 6) is -0.260. The lowest BCUT2D eigenvalue weighted by molar-refractivity contribution is -0.124. The van der Waals surface area contributed by atoms with E-state index in [2.05, 4.69) is 15.4 Å². The summed E-state index contributed by atoms with van der Waals surface area (Å²) in [5.41, 5.74) is 0. The fourth-order valence-corrected chi connectivity index (χ4v) is 1.05. The molecule has 0 radical (unpaired) electrons. The molecule has 6 heteroatoms. The predicted molar refractivity (Wildman–Crippen MR) is 55.9 cm³/mol. The third-order valence-electron chi connectivity index (χ3n) is 1.75. The zero-order chi connectivity index (χ0) is 11.8. The summed E-state index contributed by atoms with van der Waals surface area (Å²) in [6.07, 6.45) is 1.43. The highest BCUT2D eigenvalue weighted by Gasteiger charge is 2.06. The molecule has 0 aliphatic carbocycles. The van der Waals surface area contributed by atoms with Gasteiger partial charge in [0.1, 0.15) is 6.61 Å². The number of amides is 2. The van der Waals surface area contributed by atoms with Crippen LogP contribution >= 0.6 is 0 Å². The Hall–Kier alpha value is -1.82. The van der Waals surface area contributed by atoms with Crippen LogP contribution in [0, 0.1) is 0 Å². The van der Waals surface area contributed by atoms with Crippen molar-refractivity contribution in [1.29, 1.82) is 0 Å². The summed E-state index contributed by atoms with van der Waals surface area (Å²) in [4.78, 5) is 22.3. The van der Waals surface area contributed by atoms with E-state index in [1.165, 1.54) is 13.4 Å². The summed E-state index contributed by atoms with van der Waals surface area (Å²) in [6.45, 7) is 0.718. The van der Waals surface area contributed by atoms with Gasteiger partial charge in [0.25, 0.3) is 5.91 Å². The Morgan fingerprint density at radius 1 is 1.38 bits per heavy atom. The van der Waals surface area contributed by atoms with Gasteiger partial charge in [0.05, 0.1) is 6.26 Å². The average molecular weight is 226 g/mol. The highest BCUT2D eigenvalue weighted by molar-refractivity contribution is 5.91. The second kappa shape index (κ2) is 6.62. The Morgan fingerprint density at radius 2 is 2.12 bits per heavy atom. The first-order valence-corrected chi connectivity index (χ1v) is 4.81. The summed E-state index contributed by atoms with van der Waals surface area (Å²) < 4.78 is 9.52. The summed E-state index contributed by atoms with van der Waals surface area (Å²) in [5, 5.41) is 5.17. The maximum absolute atomic E-state index is 11.3. The van der Waals surface area contributed by atoms with Gasteiger partial charge in [0, 0.05) is 20.2 Å². The van der Waals surface area contributed by atoms with Crippen LogP contribution in [0.4, 0.5) is 0 Å². The molecule has 1 rings (SSSR count). The van der Waals surface area contributed by atoms with Crippen molar-refractivity contribution in [1.82, 2.24) is 10.6 Å². The van der Waals surface area contributed by atoms with Gasteiger partial charge in [-0.1, -0.05) is 0 Å². The molecule has 0 aliphatic rings. The molecule has 1 aromatic rings. The highest BCUT2D eigenvalue weighted by Crippen LogP contribution is 1.98. The molecule has 0 fully saturated rings. The van der Waals surface area contributed by atoms with E-state index < -0.39 is 0 Å². The first-order chi connectivity index (χ1) is 7.74. The topological polar surface area (TPSA) is 80.6 Å². The Bertz CT molecular complexity index is 335. The number of hydrogen-bond donors (Lipinski definition) is 2. The Kier molecular flexibility index (Phi) is 5.07. The van der Waals surface area contributed by atoms with Crippen molar-refractivity contribution in [2.45, 2.75) is 0 Å². The molecular weight excluding hydrogens is 212 g/mol. The number of carbonyl (C=O) groups excluding carboxylic acids is 2. The van der Waals surface area contributed by atoms with E-state index in [0.29, 0.717) is 13.1 Å². The Labute approximate surface area is 93.0 Å². The third-order valence-corrected chi connectivity index (χ3v) is 1.75. The Balaban J connectivity index is 2.12. The average Bonchev–Trinajstić information content (AvgIpc) is 2.78. The van der Waals surface area contributed by atoms with Crippen LogP contribution in [0.5, 0.6) is 0 Å². The second-order valence-electron chi connectivity index (χ2n) is 3.02. The van der Waals surface area contributed by atoms with Gasteiger partial charge < -0.3 is 19.8 Å². The molecule has 0 unspecified atom stereocenters. The quantitative estimate of drug-likeness (QED) is 0.657. The molecule has 16 heavy (non-hydrogen) atoms. The van der Waals surface area contributed by atoms with E-state index in [0.717, 1.165) is 0 Å². The molecule has 6 nitrogen and oxygen atoms in total. The van der Waals surface area contributed by atoms with Crippen LogP contribution in [-0.2, 0) is 9.53 Å². The molecule has 1 heterocycles. The predicted octanol–water partition coefficient (Wildman–Crippen LogP) is -0.228. The van der Waals surface area contributed by atoms with Gasteiger partial charge in [-0.05, 0) is 12.1 Å². The lowest BCUT2D eigenvalue weighted by Gasteiger charge is -2.05. The van der Waals surface area contributed by atoms with Crippen molar-refractivity contribution in [2.75, 3.05) is 26.8 Å². The number of rotatable bonds is 6. The zero-order valence-corrected chi connectivity index (χ0v) is 8.99. The maximum atomic E-state index is 11.3. The molecule has 2 N–H and O–H groups in total. The molecule has 0 saturated heterocycles. The standard InChI is InChI=1S/C10H14N2O4/c1-15-7-9(13)11-4-5-12-10(14)8-3-2-6-16-8/h2-3,6H,4-5,7H2,1H3,(H,11,13)(H,12,14). The van der Waals surface area contributed by atoms with E-state index in [-0.39, 0.29) is 24.2 Å². The zero-order valence-electron chi connectivity index (χ0n) is 8.99. The van der Waals surface area contributed by atoms with E-state index in [1.807, 2.05) is 0 Å². The minimum atomic E-state index is -0.300. The Morgan fingerprint density at radius 3 is 2.75 bits per heavy atom. The molecular formula is C10H14N2O4. The summed E-state index contributed by atoms with van der Waals surface area (Å²) in [7, 11) is 1.44. The molecule has 0 aliphatic heterocycles.